The highest BCUT2D eigenvalue weighted by Gasteiger charge is 2.27. The number of ether oxygens (including phenoxy) is 3. The van der Waals surface area contributed by atoms with Crippen molar-refractivity contribution in [1.82, 2.24) is 5.32 Å². The van der Waals surface area contributed by atoms with Crippen molar-refractivity contribution >= 4 is 25.7 Å². The summed E-state index contributed by atoms with van der Waals surface area (Å²) in [5.74, 6) is -1.22. The summed E-state index contributed by atoms with van der Waals surface area (Å²) >= 11 is 0. The zero-order valence-corrected chi connectivity index (χ0v) is 35.9. The lowest BCUT2D eigenvalue weighted by atomic mass is 10.0. The molecule has 0 heterocycles. The van der Waals surface area contributed by atoms with Crippen LogP contribution in [0.3, 0.4) is 0 Å². The number of hydrogen-bond donors (Lipinski definition) is 3. The van der Waals surface area contributed by atoms with Crippen LogP contribution in [0.4, 0.5) is 0 Å². The molecule has 0 amide bonds. The maximum absolute atomic E-state index is 12.7. The first kappa shape index (κ1) is 52.4. The van der Waals surface area contributed by atoms with E-state index in [0.29, 0.717) is 23.9 Å². The molecular weight excluding hydrogens is 713 g/mol. The predicted molar refractivity (Wildman–Crippen MR) is 215 cm³/mol. The van der Waals surface area contributed by atoms with Gasteiger partial charge >= 0.3 is 25.7 Å². The lowest BCUT2D eigenvalue weighted by molar-refractivity contribution is -0.870. The minimum Gasteiger partial charge on any atom is -0.468 e. The Hall–Kier alpha value is -1.60. The van der Waals surface area contributed by atoms with Gasteiger partial charge in [-0.15, -0.1) is 0 Å². The monoisotopic (exact) mass is 795 g/mol. The van der Waals surface area contributed by atoms with Crippen molar-refractivity contribution in [2.24, 2.45) is 5.73 Å². The quantitative estimate of drug-likeness (QED) is 0.0182. The Kier molecular flexibility index (Phi) is 33.6. The summed E-state index contributed by atoms with van der Waals surface area (Å²) < 4.78 is 38.8. The molecule has 0 bridgehead atoms. The number of nitrogens with one attached hydrogen (secondary N) is 1. The molecule has 0 radical (unpaired) electrons. The van der Waals surface area contributed by atoms with E-state index in [9.17, 15) is 23.8 Å². The first-order valence-corrected chi connectivity index (χ1v) is 22.6. The second-order valence-corrected chi connectivity index (χ2v) is 17.1. The second-order valence-electron chi connectivity index (χ2n) is 15.6. The Labute approximate surface area is 328 Å². The van der Waals surface area contributed by atoms with Crippen molar-refractivity contribution < 1.29 is 51.6 Å². The van der Waals surface area contributed by atoms with Crippen molar-refractivity contribution in [2.75, 3.05) is 67.7 Å². The number of carbonyl (C=O) groups is 3. The van der Waals surface area contributed by atoms with Crippen molar-refractivity contribution in [1.29, 1.82) is 0 Å². The molecule has 13 nitrogen and oxygen atoms in total. The zero-order valence-electron chi connectivity index (χ0n) is 35.0. The standard InChI is InChI=1S/C40H80N3O10P/c1-6-7-8-9-10-11-12-13-14-15-16-19-22-28-38(44)50-34-36(35-52-54(47,48)51-33-32-43(2,3)4)53-39(45)29-23-20-17-18-21-25-30-42-31-26-24-27-37(41)40(46)49-5/h36-37,42H,6-35,41H2,1-5H3/p+1/t36-,37?/m1/s1. The van der Waals surface area contributed by atoms with Crippen LogP contribution < -0.4 is 11.1 Å². The predicted octanol–water partition coefficient (Wildman–Crippen LogP) is 7.75. The first-order chi connectivity index (χ1) is 25.8. The average molecular weight is 795 g/mol. The molecule has 3 atom stereocenters. The zero-order chi connectivity index (χ0) is 40.3. The summed E-state index contributed by atoms with van der Waals surface area (Å²) in [5.41, 5.74) is 5.75. The third-order valence-electron chi connectivity index (χ3n) is 9.26. The number of methoxy groups -OCH3 is 1. The fourth-order valence-electron chi connectivity index (χ4n) is 5.79. The van der Waals surface area contributed by atoms with Gasteiger partial charge in [0.2, 0.25) is 0 Å². The Balaban J connectivity index is 4.35. The molecule has 0 aromatic carbocycles. The topological polar surface area (TPSA) is 173 Å². The van der Waals surface area contributed by atoms with Gasteiger partial charge in [-0.25, -0.2) is 4.57 Å². The van der Waals surface area contributed by atoms with Crippen LogP contribution in [0, 0.1) is 0 Å². The SMILES string of the molecule is CCCCCCCCCCCCCCCC(=O)OC[C@H](COP(=O)(O)OCC[N+](C)(C)C)OC(=O)CCCCCCCCNCCCCC(N)C(=O)OC. The van der Waals surface area contributed by atoms with E-state index in [1.54, 1.807) is 0 Å². The summed E-state index contributed by atoms with van der Waals surface area (Å²) in [6, 6.07) is -0.546. The van der Waals surface area contributed by atoms with Crippen LogP contribution in [-0.2, 0) is 42.2 Å². The van der Waals surface area contributed by atoms with Gasteiger partial charge in [-0.05, 0) is 45.2 Å². The fraction of sp³-hybridized carbons (Fsp3) is 0.925. The smallest absolute Gasteiger partial charge is 0.468 e. The molecule has 0 aliphatic heterocycles. The van der Waals surface area contributed by atoms with E-state index in [4.69, 9.17) is 24.3 Å². The van der Waals surface area contributed by atoms with Crippen LogP contribution in [0.15, 0.2) is 0 Å². The van der Waals surface area contributed by atoms with Gasteiger partial charge in [-0.1, -0.05) is 116 Å². The largest absolute Gasteiger partial charge is 0.472 e. The van der Waals surface area contributed by atoms with E-state index < -0.39 is 32.5 Å². The molecule has 0 saturated carbocycles. The van der Waals surface area contributed by atoms with E-state index in [1.165, 1.54) is 71.3 Å². The molecule has 0 aromatic heterocycles. The highest BCUT2D eigenvalue weighted by atomic mass is 31.2. The lowest BCUT2D eigenvalue weighted by Gasteiger charge is -2.24. The summed E-state index contributed by atoms with van der Waals surface area (Å²) in [7, 11) is 2.77. The van der Waals surface area contributed by atoms with Crippen molar-refractivity contribution in [3.8, 4) is 0 Å². The highest BCUT2D eigenvalue weighted by Crippen LogP contribution is 2.43. The number of nitrogens with two attached hydrogens (primary N) is 1. The number of carbonyl (C=O) groups excluding carboxylic acids is 3. The Morgan fingerprint density at radius 2 is 1.17 bits per heavy atom. The van der Waals surface area contributed by atoms with Gasteiger partial charge in [-0.3, -0.25) is 23.4 Å². The molecule has 4 N–H and O–H groups in total. The normalized spacial score (nSPS) is 14.0. The molecule has 14 heteroatoms. The number of nitrogens with zero attached hydrogens (tertiary/aromatic N) is 1. The molecule has 0 aliphatic carbocycles. The number of hydrogen-bond acceptors (Lipinski definition) is 11. The van der Waals surface area contributed by atoms with Gasteiger partial charge in [0.15, 0.2) is 6.10 Å². The molecule has 0 saturated heterocycles. The second kappa shape index (κ2) is 34.6. The molecule has 2 unspecified atom stereocenters. The summed E-state index contributed by atoms with van der Waals surface area (Å²) in [4.78, 5) is 46.6. The summed E-state index contributed by atoms with van der Waals surface area (Å²) in [5, 5.41) is 3.42. The molecule has 0 fully saturated rings. The Morgan fingerprint density at radius 3 is 1.69 bits per heavy atom. The number of esters is 3. The van der Waals surface area contributed by atoms with Gasteiger partial charge in [-0.2, -0.15) is 0 Å². The van der Waals surface area contributed by atoms with Crippen LogP contribution in [0.25, 0.3) is 0 Å². The van der Waals surface area contributed by atoms with Gasteiger partial charge in [0, 0.05) is 12.8 Å². The van der Waals surface area contributed by atoms with Gasteiger partial charge in [0.05, 0.1) is 34.9 Å². The molecular formula is C40H81N3O10P+. The molecule has 0 rings (SSSR count). The van der Waals surface area contributed by atoms with Crippen LogP contribution in [0.5, 0.6) is 0 Å². The third-order valence-corrected chi connectivity index (χ3v) is 10.2. The van der Waals surface area contributed by atoms with Gasteiger partial charge in [0.1, 0.15) is 25.8 Å². The van der Waals surface area contributed by atoms with E-state index in [1.807, 2.05) is 21.1 Å². The maximum atomic E-state index is 12.7. The summed E-state index contributed by atoms with van der Waals surface area (Å²) in [6.45, 7) is 3.90. The minimum atomic E-state index is -4.39. The van der Waals surface area contributed by atoms with Gasteiger partial charge in [0.25, 0.3) is 0 Å². The number of unbranched alkanes of at least 4 members (excludes halogenated alkanes) is 18. The number of phosphoric acid groups is 1. The van der Waals surface area contributed by atoms with E-state index in [0.717, 1.165) is 77.3 Å². The van der Waals surface area contributed by atoms with Crippen molar-refractivity contribution in [3.63, 3.8) is 0 Å². The average Bonchev–Trinajstić information content (AvgIpc) is 3.12. The van der Waals surface area contributed by atoms with Crippen molar-refractivity contribution in [3.05, 3.63) is 0 Å². The van der Waals surface area contributed by atoms with E-state index in [-0.39, 0.29) is 38.0 Å². The van der Waals surface area contributed by atoms with Crippen LogP contribution in [-0.4, -0.2) is 107 Å². The Bertz CT molecular complexity index is 982. The fourth-order valence-corrected chi connectivity index (χ4v) is 6.53. The van der Waals surface area contributed by atoms with E-state index >= 15 is 0 Å². The first-order valence-electron chi connectivity index (χ1n) is 21.1. The number of rotatable bonds is 39. The molecule has 320 valence electrons. The molecule has 0 aromatic rings. The highest BCUT2D eigenvalue weighted by molar-refractivity contribution is 7.47. The summed E-state index contributed by atoms with van der Waals surface area (Å²) in [6.07, 6.45) is 23.5. The number of quaternary nitrogens is 1. The van der Waals surface area contributed by atoms with E-state index in [2.05, 4.69) is 17.0 Å². The van der Waals surface area contributed by atoms with Crippen LogP contribution in [0.1, 0.15) is 161 Å². The third kappa shape index (κ3) is 36.1. The Morgan fingerprint density at radius 1 is 0.685 bits per heavy atom. The molecule has 0 spiro atoms. The lowest BCUT2D eigenvalue weighted by Crippen LogP contribution is -2.37. The maximum Gasteiger partial charge on any atom is 0.472 e. The minimum absolute atomic E-state index is 0.0156. The number of likely N-dealkylation sites (N-methyl/N-ethyl adjacent to an activating group) is 1. The number of phosphoric ester groups is 1. The van der Waals surface area contributed by atoms with Crippen LogP contribution >= 0.6 is 7.82 Å². The van der Waals surface area contributed by atoms with Gasteiger partial charge < -0.3 is 34.6 Å². The molecule has 0 aliphatic rings. The van der Waals surface area contributed by atoms with Crippen molar-refractivity contribution in [2.45, 2.75) is 173 Å². The van der Waals surface area contributed by atoms with Crippen LogP contribution in [0.2, 0.25) is 0 Å². The molecule has 54 heavy (non-hydrogen) atoms.